The molecule has 6 aromatic heterocycles. The smallest absolute Gasteiger partial charge is 0.147 e. The number of nitrogens with zero attached hydrogens (tertiary/aromatic N) is 6. The van der Waals surface area contributed by atoms with Crippen LogP contribution in [0.15, 0.2) is 171 Å². The highest BCUT2D eigenvalue weighted by Gasteiger charge is 2.28. The van der Waals surface area contributed by atoms with Gasteiger partial charge in [-0.2, -0.15) is 0 Å². The quantitative estimate of drug-likeness (QED) is 0.133. The molecule has 0 saturated heterocycles. The molecule has 0 bridgehead atoms. The lowest BCUT2D eigenvalue weighted by molar-refractivity contribution is 1.32. The van der Waals surface area contributed by atoms with Crippen LogP contribution in [0.1, 0.15) is 0 Å². The third kappa shape index (κ3) is 4.94. The summed E-state index contributed by atoms with van der Waals surface area (Å²) in [5.74, 6) is 0. The van der Waals surface area contributed by atoms with Crippen LogP contribution in [-0.4, -0.2) is 29.3 Å². The minimum atomic E-state index is -2.50. The number of fused-ring (bicyclic) bond motifs is 10. The summed E-state index contributed by atoms with van der Waals surface area (Å²) < 4.78 is 2.32. The molecule has 10 rings (SSSR count). The van der Waals surface area contributed by atoms with Gasteiger partial charge in [-0.05, 0) is 103 Å². The SMILES string of the molecule is S=P(c1ccncc1)(c1cccnc1)c1ccc2c(c1)nc1c3c4ccccc4ccc3c3ccc(P(=S)(c4ccncc4)c4ccncc4)cc3n21. The number of aromatic nitrogens is 6. The predicted molar refractivity (Wildman–Crippen MR) is 229 cm³/mol. The highest BCUT2D eigenvalue weighted by molar-refractivity contribution is 8.26. The largest absolute Gasteiger partial charge is 0.292 e. The lowest BCUT2D eigenvalue weighted by atomic mass is 9.99. The van der Waals surface area contributed by atoms with Crippen molar-refractivity contribution in [2.24, 2.45) is 0 Å². The van der Waals surface area contributed by atoms with E-state index in [0.29, 0.717) is 0 Å². The van der Waals surface area contributed by atoms with Crippen molar-refractivity contribution in [2.75, 3.05) is 0 Å². The van der Waals surface area contributed by atoms with Crippen LogP contribution in [0.25, 0.3) is 49.1 Å². The van der Waals surface area contributed by atoms with Gasteiger partial charge in [0, 0.05) is 77.7 Å². The fourth-order valence-corrected chi connectivity index (χ4v) is 14.9. The van der Waals surface area contributed by atoms with Gasteiger partial charge in [0.25, 0.3) is 0 Å². The first-order chi connectivity index (χ1) is 26.0. The van der Waals surface area contributed by atoms with E-state index in [-0.39, 0.29) is 0 Å². The van der Waals surface area contributed by atoms with Gasteiger partial charge < -0.3 is 0 Å². The Morgan fingerprint density at radius 1 is 0.434 bits per heavy atom. The molecule has 0 N–H and O–H groups in total. The minimum absolute atomic E-state index is 0.879. The normalized spacial score (nSPS) is 13.2. The molecule has 0 aliphatic rings. The number of hydrogen-bond donors (Lipinski definition) is 0. The summed E-state index contributed by atoms with van der Waals surface area (Å²) >= 11 is 13.5. The molecule has 0 fully saturated rings. The summed E-state index contributed by atoms with van der Waals surface area (Å²) in [4.78, 5) is 22.9. The maximum absolute atomic E-state index is 6.79. The van der Waals surface area contributed by atoms with Crippen LogP contribution >= 0.6 is 12.1 Å². The Bertz CT molecular complexity index is 3040. The van der Waals surface area contributed by atoms with E-state index in [9.17, 15) is 0 Å². The molecule has 10 aromatic rings. The summed E-state index contributed by atoms with van der Waals surface area (Å²) in [5.41, 5.74) is 3.83. The second kappa shape index (κ2) is 12.6. The molecule has 0 saturated carbocycles. The highest BCUT2D eigenvalue weighted by atomic mass is 32.4. The summed E-state index contributed by atoms with van der Waals surface area (Å²) in [5, 5.41) is 12.1. The first kappa shape index (κ1) is 32.2. The van der Waals surface area contributed by atoms with Crippen LogP contribution < -0.4 is 31.8 Å². The molecule has 1 unspecified atom stereocenters. The standard InChI is InChI=1S/C43H28N6P2S2/c52-50(30-13-20-44-21-14-30,31-15-22-45-23-16-31)34-8-11-37-38-10-7-29-4-1-2-6-36(29)42(38)43-48-39-26-33(9-12-40(39)49(43)41(37)27-34)51(53,32-17-24-46-25-18-32)35-5-3-19-47-28-35/h1-28H. The molecule has 53 heavy (non-hydrogen) atoms. The van der Waals surface area contributed by atoms with Crippen LogP contribution in [-0.2, 0) is 23.6 Å². The van der Waals surface area contributed by atoms with Gasteiger partial charge in [0.1, 0.15) is 5.65 Å². The molecule has 1 atom stereocenters. The van der Waals surface area contributed by atoms with E-state index >= 15 is 0 Å². The second-order valence-electron chi connectivity index (χ2n) is 12.9. The fraction of sp³-hybridized carbons (Fsp3) is 0. The second-order valence-corrected chi connectivity index (χ2v) is 21.7. The monoisotopic (exact) mass is 754 g/mol. The van der Waals surface area contributed by atoms with E-state index in [1.54, 1.807) is 6.20 Å². The van der Waals surface area contributed by atoms with E-state index in [1.807, 2.05) is 61.6 Å². The third-order valence-electron chi connectivity index (χ3n) is 10.1. The van der Waals surface area contributed by atoms with Crippen molar-refractivity contribution in [3.8, 4) is 0 Å². The van der Waals surface area contributed by atoms with Gasteiger partial charge in [-0.3, -0.25) is 24.3 Å². The van der Waals surface area contributed by atoms with Crippen molar-refractivity contribution in [3.63, 3.8) is 0 Å². The van der Waals surface area contributed by atoms with E-state index in [1.165, 1.54) is 5.39 Å². The molecule has 0 amide bonds. The van der Waals surface area contributed by atoms with Crippen LogP contribution in [0, 0.1) is 0 Å². The van der Waals surface area contributed by atoms with Crippen molar-refractivity contribution >= 4 is 117 Å². The topological polar surface area (TPSA) is 68.9 Å². The van der Waals surface area contributed by atoms with Gasteiger partial charge in [0.15, 0.2) is 0 Å². The lowest BCUT2D eigenvalue weighted by Crippen LogP contribution is -2.25. The Labute approximate surface area is 315 Å². The average Bonchev–Trinajstić information content (AvgIpc) is 3.63. The number of imidazole rings is 1. The Morgan fingerprint density at radius 3 is 1.70 bits per heavy atom. The molecular weight excluding hydrogens is 727 g/mol. The number of hydrogen-bond acceptors (Lipinski definition) is 7. The van der Waals surface area contributed by atoms with Gasteiger partial charge in [0.05, 0.1) is 16.6 Å². The van der Waals surface area contributed by atoms with Gasteiger partial charge in [0.2, 0.25) is 0 Å². The molecule has 252 valence electrons. The zero-order valence-corrected chi connectivity index (χ0v) is 31.5. The van der Waals surface area contributed by atoms with Gasteiger partial charge in [-0.25, -0.2) is 4.98 Å². The van der Waals surface area contributed by atoms with Crippen molar-refractivity contribution in [3.05, 3.63) is 171 Å². The maximum Gasteiger partial charge on any atom is 0.147 e. The maximum atomic E-state index is 6.79. The zero-order chi connectivity index (χ0) is 35.6. The molecule has 0 aliphatic heterocycles. The summed E-state index contributed by atoms with van der Waals surface area (Å²) in [6.45, 7) is 0. The van der Waals surface area contributed by atoms with Crippen molar-refractivity contribution in [1.82, 2.24) is 29.3 Å². The van der Waals surface area contributed by atoms with Gasteiger partial charge in [-0.15, -0.1) is 0 Å². The average molecular weight is 755 g/mol. The zero-order valence-electron chi connectivity index (χ0n) is 28.1. The Kier molecular flexibility index (Phi) is 7.64. The molecular formula is C43H28N6P2S2. The van der Waals surface area contributed by atoms with E-state index in [2.05, 4.69) is 127 Å². The van der Waals surface area contributed by atoms with Crippen LogP contribution in [0.3, 0.4) is 0 Å². The van der Waals surface area contributed by atoms with Gasteiger partial charge >= 0.3 is 0 Å². The number of pyridine rings is 5. The van der Waals surface area contributed by atoms with Crippen molar-refractivity contribution in [2.45, 2.75) is 0 Å². The predicted octanol–water partition coefficient (Wildman–Crippen LogP) is 7.04. The fourth-order valence-electron chi connectivity index (χ4n) is 7.64. The van der Waals surface area contributed by atoms with E-state index in [4.69, 9.17) is 28.6 Å². The Morgan fingerprint density at radius 2 is 1.04 bits per heavy atom. The lowest BCUT2D eigenvalue weighted by Gasteiger charge is -2.24. The minimum Gasteiger partial charge on any atom is -0.292 e. The van der Waals surface area contributed by atoms with Crippen LogP contribution in [0.2, 0.25) is 0 Å². The van der Waals surface area contributed by atoms with Crippen molar-refractivity contribution in [1.29, 1.82) is 0 Å². The highest BCUT2D eigenvalue weighted by Crippen LogP contribution is 2.46. The van der Waals surface area contributed by atoms with Crippen molar-refractivity contribution < 1.29 is 0 Å². The Hall–Kier alpha value is -5.49. The third-order valence-corrected chi connectivity index (χ3v) is 20.0. The number of rotatable bonds is 6. The molecule has 10 heteroatoms. The van der Waals surface area contributed by atoms with E-state index < -0.39 is 12.1 Å². The molecule has 4 aromatic carbocycles. The van der Waals surface area contributed by atoms with Gasteiger partial charge in [-0.1, -0.05) is 84.3 Å². The first-order valence-corrected chi connectivity index (χ1v) is 22.7. The first-order valence-electron chi connectivity index (χ1n) is 17.1. The molecule has 6 nitrogen and oxygen atoms in total. The molecule has 0 spiro atoms. The summed E-state index contributed by atoms with van der Waals surface area (Å²) in [6, 6.07) is 37.7. The molecule has 0 aliphatic carbocycles. The number of benzene rings is 4. The molecule has 6 heterocycles. The van der Waals surface area contributed by atoms with E-state index in [0.717, 1.165) is 75.6 Å². The molecule has 0 radical (unpaired) electrons. The summed E-state index contributed by atoms with van der Waals surface area (Å²) in [7, 11) is 0. The van der Waals surface area contributed by atoms with Crippen LogP contribution in [0.5, 0.6) is 0 Å². The Balaban J connectivity index is 1.32. The van der Waals surface area contributed by atoms with Crippen LogP contribution in [0.4, 0.5) is 0 Å². The summed E-state index contributed by atoms with van der Waals surface area (Å²) in [6.07, 6.45) is 14.6.